The van der Waals surface area contributed by atoms with Crippen LogP contribution in [0.4, 0.5) is 0 Å². The summed E-state index contributed by atoms with van der Waals surface area (Å²) in [5.74, 6) is 0.897. The first-order valence-corrected chi connectivity index (χ1v) is 4.19. The van der Waals surface area contributed by atoms with Gasteiger partial charge >= 0.3 is 0 Å². The zero-order valence-corrected chi connectivity index (χ0v) is 6.27. The number of fused-ring (bicyclic) bond motifs is 1. The van der Waals surface area contributed by atoms with Crippen LogP contribution >= 0.6 is 0 Å². The van der Waals surface area contributed by atoms with Gasteiger partial charge in [0.15, 0.2) is 0 Å². The maximum absolute atomic E-state index is 8.79. The predicted molar refractivity (Wildman–Crippen MR) is 39.7 cm³/mol. The molecule has 2 N–H and O–H groups in total. The zero-order valence-electron chi connectivity index (χ0n) is 6.27. The maximum atomic E-state index is 8.79. The lowest BCUT2D eigenvalue weighted by Crippen LogP contribution is -2.29. The van der Waals surface area contributed by atoms with E-state index in [0.29, 0.717) is 12.0 Å². The molecule has 10 heavy (non-hydrogen) atoms. The lowest BCUT2D eigenvalue weighted by Gasteiger charge is -2.21. The highest BCUT2D eigenvalue weighted by Gasteiger charge is 2.53. The number of rotatable bonds is 2. The Balaban J connectivity index is 1.92. The first-order chi connectivity index (χ1) is 4.87. The van der Waals surface area contributed by atoms with Crippen molar-refractivity contribution in [2.45, 2.75) is 19.3 Å². The van der Waals surface area contributed by atoms with Gasteiger partial charge in [-0.15, -0.1) is 0 Å². The van der Waals surface area contributed by atoms with Gasteiger partial charge in [-0.3, -0.25) is 0 Å². The lowest BCUT2D eigenvalue weighted by atomic mass is 9.93. The van der Waals surface area contributed by atoms with Gasteiger partial charge in [-0.05, 0) is 43.7 Å². The average Bonchev–Trinajstić information content (AvgIpc) is 2.62. The Labute approximate surface area is 61.6 Å². The van der Waals surface area contributed by atoms with E-state index in [1.807, 2.05) is 0 Å². The van der Waals surface area contributed by atoms with Crippen LogP contribution in [0.1, 0.15) is 19.3 Å². The Morgan fingerprint density at radius 1 is 1.60 bits per heavy atom. The van der Waals surface area contributed by atoms with Gasteiger partial charge in [0.1, 0.15) is 0 Å². The fraction of sp³-hybridized carbons (Fsp3) is 1.00. The molecule has 1 aliphatic carbocycles. The molecule has 58 valence electrons. The van der Waals surface area contributed by atoms with Crippen LogP contribution in [-0.4, -0.2) is 24.8 Å². The molecule has 1 aliphatic heterocycles. The Hall–Kier alpha value is -0.0800. The third-order valence-corrected chi connectivity index (χ3v) is 3.16. The third-order valence-electron chi connectivity index (χ3n) is 3.16. The van der Waals surface area contributed by atoms with E-state index in [2.05, 4.69) is 5.32 Å². The largest absolute Gasteiger partial charge is 0.396 e. The molecule has 0 spiro atoms. The number of nitrogens with one attached hydrogen (secondary N) is 1. The van der Waals surface area contributed by atoms with Gasteiger partial charge in [-0.25, -0.2) is 0 Å². The molecule has 0 aromatic carbocycles. The predicted octanol–water partition coefficient (Wildman–Crippen LogP) is 0.368. The van der Waals surface area contributed by atoms with Crippen molar-refractivity contribution in [2.75, 3.05) is 19.7 Å². The molecule has 2 rings (SSSR count). The molecule has 0 bridgehead atoms. The summed E-state index contributed by atoms with van der Waals surface area (Å²) in [5, 5.41) is 12.2. The maximum Gasteiger partial charge on any atom is 0.0436 e. The van der Waals surface area contributed by atoms with E-state index in [4.69, 9.17) is 5.11 Å². The summed E-state index contributed by atoms with van der Waals surface area (Å²) in [6.07, 6.45) is 3.69. The van der Waals surface area contributed by atoms with Crippen molar-refractivity contribution in [1.29, 1.82) is 0 Å². The van der Waals surface area contributed by atoms with E-state index in [-0.39, 0.29) is 0 Å². The molecule has 0 amide bonds. The Kier molecular flexibility index (Phi) is 1.46. The molecule has 2 atom stereocenters. The molecule has 1 heterocycles. The minimum absolute atomic E-state index is 0.385. The zero-order chi connectivity index (χ0) is 7.03. The van der Waals surface area contributed by atoms with E-state index in [9.17, 15) is 0 Å². The van der Waals surface area contributed by atoms with E-state index in [1.54, 1.807) is 0 Å². The van der Waals surface area contributed by atoms with Crippen LogP contribution < -0.4 is 5.32 Å². The number of aliphatic hydroxyl groups is 1. The minimum atomic E-state index is 0.385. The summed E-state index contributed by atoms with van der Waals surface area (Å²) >= 11 is 0. The van der Waals surface area contributed by atoms with Crippen LogP contribution in [-0.2, 0) is 0 Å². The second-order valence-electron chi connectivity index (χ2n) is 3.69. The summed E-state index contributed by atoms with van der Waals surface area (Å²) in [4.78, 5) is 0. The van der Waals surface area contributed by atoms with Crippen molar-refractivity contribution in [3.05, 3.63) is 0 Å². The fourth-order valence-electron chi connectivity index (χ4n) is 2.29. The quantitative estimate of drug-likeness (QED) is 0.582. The highest BCUT2D eigenvalue weighted by molar-refractivity contribution is 5.05. The van der Waals surface area contributed by atoms with Gasteiger partial charge in [0.2, 0.25) is 0 Å². The molecular formula is C8H15NO. The SMILES string of the molecule is OCCC12CCNC[C@H]1C2. The van der Waals surface area contributed by atoms with Crippen molar-refractivity contribution in [2.24, 2.45) is 11.3 Å². The van der Waals surface area contributed by atoms with Gasteiger partial charge in [0.25, 0.3) is 0 Å². The summed E-state index contributed by atoms with van der Waals surface area (Å²) in [7, 11) is 0. The van der Waals surface area contributed by atoms with Crippen LogP contribution in [0.5, 0.6) is 0 Å². The summed E-state index contributed by atoms with van der Waals surface area (Å²) in [5.41, 5.74) is 0.583. The molecule has 1 unspecified atom stereocenters. The smallest absolute Gasteiger partial charge is 0.0436 e. The summed E-state index contributed by atoms with van der Waals surface area (Å²) in [6.45, 7) is 2.74. The molecule has 2 fully saturated rings. The van der Waals surface area contributed by atoms with Gasteiger partial charge in [0, 0.05) is 6.61 Å². The number of aliphatic hydroxyl groups excluding tert-OH is 1. The molecule has 2 aliphatic rings. The first-order valence-electron chi connectivity index (χ1n) is 4.19. The van der Waals surface area contributed by atoms with Crippen molar-refractivity contribution >= 4 is 0 Å². The molecule has 1 saturated heterocycles. The van der Waals surface area contributed by atoms with Crippen molar-refractivity contribution in [3.8, 4) is 0 Å². The molecule has 2 heteroatoms. The highest BCUT2D eigenvalue weighted by atomic mass is 16.3. The lowest BCUT2D eigenvalue weighted by molar-refractivity contribution is 0.221. The standard InChI is InChI=1S/C8H15NO/c10-4-2-8-1-3-9-6-7(8)5-8/h7,9-10H,1-6H2/t7-,8?/m1/s1. The Morgan fingerprint density at radius 3 is 3.20 bits per heavy atom. The van der Waals surface area contributed by atoms with Gasteiger partial charge < -0.3 is 10.4 Å². The number of hydrogen-bond donors (Lipinski definition) is 2. The molecule has 0 aromatic heterocycles. The van der Waals surface area contributed by atoms with Crippen LogP contribution in [0.25, 0.3) is 0 Å². The van der Waals surface area contributed by atoms with Gasteiger partial charge in [0.05, 0.1) is 0 Å². The molecular weight excluding hydrogens is 126 g/mol. The third kappa shape index (κ3) is 0.867. The number of hydrogen-bond acceptors (Lipinski definition) is 2. The topological polar surface area (TPSA) is 32.3 Å². The van der Waals surface area contributed by atoms with E-state index >= 15 is 0 Å². The van der Waals surface area contributed by atoms with Crippen LogP contribution in [0, 0.1) is 11.3 Å². The molecule has 0 radical (unpaired) electrons. The van der Waals surface area contributed by atoms with Gasteiger partial charge in [-0.1, -0.05) is 0 Å². The Morgan fingerprint density at radius 2 is 2.50 bits per heavy atom. The van der Waals surface area contributed by atoms with Crippen molar-refractivity contribution in [1.82, 2.24) is 5.32 Å². The van der Waals surface area contributed by atoms with E-state index in [0.717, 1.165) is 18.9 Å². The monoisotopic (exact) mass is 141 g/mol. The van der Waals surface area contributed by atoms with Crippen LogP contribution in [0.3, 0.4) is 0 Å². The van der Waals surface area contributed by atoms with Gasteiger partial charge in [-0.2, -0.15) is 0 Å². The van der Waals surface area contributed by atoms with E-state index < -0.39 is 0 Å². The number of piperidine rings is 1. The van der Waals surface area contributed by atoms with Crippen LogP contribution in [0.2, 0.25) is 0 Å². The Bertz CT molecular complexity index is 133. The normalized spacial score (nSPS) is 44.7. The second-order valence-corrected chi connectivity index (χ2v) is 3.69. The second kappa shape index (κ2) is 2.21. The molecule has 1 saturated carbocycles. The first kappa shape index (κ1) is 6.62. The van der Waals surface area contributed by atoms with E-state index in [1.165, 1.54) is 19.4 Å². The summed E-state index contributed by atoms with van der Waals surface area (Å²) < 4.78 is 0. The molecule has 2 nitrogen and oxygen atoms in total. The van der Waals surface area contributed by atoms with Crippen LogP contribution in [0.15, 0.2) is 0 Å². The van der Waals surface area contributed by atoms with Crippen molar-refractivity contribution in [3.63, 3.8) is 0 Å². The molecule has 0 aromatic rings. The minimum Gasteiger partial charge on any atom is -0.396 e. The average molecular weight is 141 g/mol. The van der Waals surface area contributed by atoms with Crippen molar-refractivity contribution < 1.29 is 5.11 Å². The fourth-order valence-corrected chi connectivity index (χ4v) is 2.29. The highest BCUT2D eigenvalue weighted by Crippen LogP contribution is 2.58. The summed E-state index contributed by atoms with van der Waals surface area (Å²) in [6, 6.07) is 0.